The molecule has 2 aromatic carbocycles. The summed E-state index contributed by atoms with van der Waals surface area (Å²) in [5.74, 6) is -1.35. The number of halogens is 1. The fraction of sp³-hybridized carbons (Fsp3) is 0.133. The number of carboxylic acids is 1. The molecule has 0 spiro atoms. The molecule has 0 aliphatic rings. The summed E-state index contributed by atoms with van der Waals surface area (Å²) in [4.78, 5) is 11.4. The molecule has 2 N–H and O–H groups in total. The summed E-state index contributed by atoms with van der Waals surface area (Å²) in [5, 5.41) is 18.6. The zero-order valence-corrected chi connectivity index (χ0v) is 11.7. The molecule has 2 aromatic rings. The highest BCUT2D eigenvalue weighted by Gasteiger charge is 2.20. The molecular weight excluding hydrogens is 308 g/mol. The van der Waals surface area contributed by atoms with Gasteiger partial charge in [-0.1, -0.05) is 40.2 Å². The van der Waals surface area contributed by atoms with Gasteiger partial charge in [-0.2, -0.15) is 0 Å². The van der Waals surface area contributed by atoms with Gasteiger partial charge < -0.3 is 10.2 Å². The lowest BCUT2D eigenvalue weighted by Crippen LogP contribution is -2.14. The first-order chi connectivity index (χ1) is 9.06. The lowest BCUT2D eigenvalue weighted by atomic mass is 9.92. The molecule has 98 valence electrons. The molecule has 1 unspecified atom stereocenters. The average Bonchev–Trinajstić information content (AvgIpc) is 2.37. The molecule has 0 aliphatic carbocycles. The number of hydrogen-bond acceptors (Lipinski definition) is 2. The molecule has 1 atom stereocenters. The Balaban J connectivity index is 2.26. The van der Waals surface area contributed by atoms with Crippen LogP contribution in [0.25, 0.3) is 0 Å². The van der Waals surface area contributed by atoms with Crippen molar-refractivity contribution in [2.24, 2.45) is 0 Å². The van der Waals surface area contributed by atoms with E-state index in [0.717, 1.165) is 10.0 Å². The highest BCUT2D eigenvalue weighted by atomic mass is 79.9. The molecule has 0 aliphatic heterocycles. The Bertz CT molecular complexity index is 578. The maximum absolute atomic E-state index is 11.4. The first-order valence-electron chi connectivity index (χ1n) is 5.82. The van der Waals surface area contributed by atoms with Crippen LogP contribution in [0.2, 0.25) is 0 Å². The molecule has 0 aromatic heterocycles. The van der Waals surface area contributed by atoms with Crippen molar-refractivity contribution < 1.29 is 15.0 Å². The smallest absolute Gasteiger partial charge is 0.311 e. The molecule has 19 heavy (non-hydrogen) atoms. The van der Waals surface area contributed by atoms with Gasteiger partial charge in [0.25, 0.3) is 0 Å². The zero-order chi connectivity index (χ0) is 13.8. The quantitative estimate of drug-likeness (QED) is 0.905. The normalized spacial score (nSPS) is 12.1. The van der Waals surface area contributed by atoms with Crippen molar-refractivity contribution >= 4 is 21.9 Å². The van der Waals surface area contributed by atoms with Crippen molar-refractivity contribution in [1.82, 2.24) is 0 Å². The van der Waals surface area contributed by atoms with Gasteiger partial charge in [0.2, 0.25) is 0 Å². The Morgan fingerprint density at radius 1 is 1.16 bits per heavy atom. The summed E-state index contributed by atoms with van der Waals surface area (Å²) in [6.07, 6.45) is 0.416. The van der Waals surface area contributed by atoms with Crippen LogP contribution in [0.3, 0.4) is 0 Å². The molecule has 0 radical (unpaired) electrons. The average molecular weight is 321 g/mol. The summed E-state index contributed by atoms with van der Waals surface area (Å²) in [7, 11) is 0. The van der Waals surface area contributed by atoms with E-state index in [4.69, 9.17) is 0 Å². The number of aliphatic carboxylic acids is 1. The second-order valence-electron chi connectivity index (χ2n) is 4.32. The molecule has 0 heterocycles. The Morgan fingerprint density at radius 2 is 1.84 bits per heavy atom. The Hall–Kier alpha value is -1.81. The van der Waals surface area contributed by atoms with Crippen LogP contribution in [-0.4, -0.2) is 16.2 Å². The fourth-order valence-corrected chi connectivity index (χ4v) is 2.40. The lowest BCUT2D eigenvalue weighted by Gasteiger charge is -2.13. The van der Waals surface area contributed by atoms with Crippen LogP contribution in [0.4, 0.5) is 0 Å². The minimum Gasteiger partial charge on any atom is -0.508 e. The van der Waals surface area contributed by atoms with Gasteiger partial charge in [-0.15, -0.1) is 0 Å². The van der Waals surface area contributed by atoms with Gasteiger partial charge in [-0.25, -0.2) is 0 Å². The van der Waals surface area contributed by atoms with Gasteiger partial charge in [0.15, 0.2) is 0 Å². The number of aromatic hydroxyl groups is 1. The third-order valence-electron chi connectivity index (χ3n) is 2.92. The SMILES string of the molecule is O=C(O)C(Cc1cccc(Br)c1)c1ccc(O)cc1. The predicted octanol–water partition coefficient (Wildman–Crippen LogP) is 3.57. The Labute approximate surface area is 119 Å². The topological polar surface area (TPSA) is 57.5 Å². The molecular formula is C15H13BrO3. The Morgan fingerprint density at radius 3 is 2.42 bits per heavy atom. The van der Waals surface area contributed by atoms with Crippen molar-refractivity contribution in [3.8, 4) is 5.75 Å². The molecule has 0 saturated heterocycles. The van der Waals surface area contributed by atoms with Gasteiger partial charge in [-0.05, 0) is 41.8 Å². The first kappa shape index (κ1) is 13.6. The van der Waals surface area contributed by atoms with Crippen molar-refractivity contribution in [3.05, 3.63) is 64.1 Å². The van der Waals surface area contributed by atoms with E-state index in [9.17, 15) is 15.0 Å². The summed E-state index contributed by atoms with van der Waals surface area (Å²) < 4.78 is 0.930. The van der Waals surface area contributed by atoms with Crippen LogP contribution in [0.5, 0.6) is 5.75 Å². The third-order valence-corrected chi connectivity index (χ3v) is 3.42. The lowest BCUT2D eigenvalue weighted by molar-refractivity contribution is -0.138. The van der Waals surface area contributed by atoms with Crippen molar-refractivity contribution in [2.75, 3.05) is 0 Å². The largest absolute Gasteiger partial charge is 0.508 e. The number of hydrogen-bond donors (Lipinski definition) is 2. The summed E-state index contributed by atoms with van der Waals surface area (Å²) in [6.45, 7) is 0. The van der Waals surface area contributed by atoms with E-state index in [0.29, 0.717) is 12.0 Å². The van der Waals surface area contributed by atoms with Crippen molar-refractivity contribution in [3.63, 3.8) is 0 Å². The second-order valence-corrected chi connectivity index (χ2v) is 5.23. The van der Waals surface area contributed by atoms with E-state index in [1.807, 2.05) is 24.3 Å². The standard InChI is InChI=1S/C15H13BrO3/c16-12-3-1-2-10(8-12)9-14(15(18)19)11-4-6-13(17)7-5-11/h1-8,14,17H,9H2,(H,18,19). The highest BCUT2D eigenvalue weighted by Crippen LogP contribution is 2.24. The summed E-state index contributed by atoms with van der Waals surface area (Å²) in [5.41, 5.74) is 1.64. The van der Waals surface area contributed by atoms with Crippen LogP contribution in [0, 0.1) is 0 Å². The number of rotatable bonds is 4. The van der Waals surface area contributed by atoms with E-state index in [2.05, 4.69) is 15.9 Å². The first-order valence-corrected chi connectivity index (χ1v) is 6.62. The van der Waals surface area contributed by atoms with E-state index in [-0.39, 0.29) is 5.75 Å². The van der Waals surface area contributed by atoms with E-state index in [1.165, 1.54) is 12.1 Å². The minimum absolute atomic E-state index is 0.135. The molecule has 0 fully saturated rings. The molecule has 4 heteroatoms. The second kappa shape index (κ2) is 5.89. The van der Waals surface area contributed by atoms with Gasteiger partial charge in [-0.3, -0.25) is 4.79 Å². The maximum atomic E-state index is 11.4. The van der Waals surface area contributed by atoms with Crippen LogP contribution >= 0.6 is 15.9 Å². The van der Waals surface area contributed by atoms with Gasteiger partial charge in [0, 0.05) is 4.47 Å². The highest BCUT2D eigenvalue weighted by molar-refractivity contribution is 9.10. The van der Waals surface area contributed by atoms with Crippen LogP contribution < -0.4 is 0 Å². The number of carboxylic acid groups (broad SMARTS) is 1. The summed E-state index contributed by atoms with van der Waals surface area (Å²) >= 11 is 3.37. The van der Waals surface area contributed by atoms with Crippen LogP contribution in [0.15, 0.2) is 53.0 Å². The van der Waals surface area contributed by atoms with Gasteiger partial charge >= 0.3 is 5.97 Å². The maximum Gasteiger partial charge on any atom is 0.311 e. The predicted molar refractivity (Wildman–Crippen MR) is 76.3 cm³/mol. The van der Waals surface area contributed by atoms with Crippen molar-refractivity contribution in [2.45, 2.75) is 12.3 Å². The van der Waals surface area contributed by atoms with E-state index < -0.39 is 11.9 Å². The minimum atomic E-state index is -0.870. The van der Waals surface area contributed by atoms with E-state index in [1.54, 1.807) is 12.1 Å². The van der Waals surface area contributed by atoms with Crippen molar-refractivity contribution in [1.29, 1.82) is 0 Å². The van der Waals surface area contributed by atoms with E-state index >= 15 is 0 Å². The number of phenolic OH excluding ortho intramolecular Hbond substituents is 1. The molecule has 3 nitrogen and oxygen atoms in total. The third kappa shape index (κ3) is 3.58. The zero-order valence-electron chi connectivity index (χ0n) is 10.1. The number of carbonyl (C=O) groups is 1. The van der Waals surface area contributed by atoms with Gasteiger partial charge in [0.1, 0.15) is 5.75 Å². The molecule has 0 bridgehead atoms. The van der Waals surface area contributed by atoms with Crippen LogP contribution in [-0.2, 0) is 11.2 Å². The molecule has 0 amide bonds. The van der Waals surface area contributed by atoms with Gasteiger partial charge in [0.05, 0.1) is 5.92 Å². The molecule has 2 rings (SSSR count). The monoisotopic (exact) mass is 320 g/mol. The fourth-order valence-electron chi connectivity index (χ4n) is 1.95. The van der Waals surface area contributed by atoms with Crippen LogP contribution in [0.1, 0.15) is 17.0 Å². The summed E-state index contributed by atoms with van der Waals surface area (Å²) in [6, 6.07) is 13.9. The number of benzene rings is 2. The number of phenols is 1. The molecule has 0 saturated carbocycles. The Kier molecular flexibility index (Phi) is 4.22.